The second-order valence-corrected chi connectivity index (χ2v) is 6.11. The second-order valence-electron chi connectivity index (χ2n) is 4.70. The Balaban J connectivity index is 1.85. The lowest BCUT2D eigenvalue weighted by Gasteiger charge is -2.28. The van der Waals surface area contributed by atoms with E-state index in [-0.39, 0.29) is 0 Å². The first-order valence-electron chi connectivity index (χ1n) is 6.37. The van der Waals surface area contributed by atoms with Gasteiger partial charge in [-0.1, -0.05) is 11.6 Å². The third-order valence-electron chi connectivity index (χ3n) is 3.42. The van der Waals surface area contributed by atoms with Gasteiger partial charge in [0.05, 0.1) is 5.02 Å². The van der Waals surface area contributed by atoms with Crippen LogP contribution >= 0.6 is 22.9 Å². The largest absolute Gasteiger partial charge is 0.352 e. The van der Waals surface area contributed by atoms with Crippen LogP contribution in [-0.4, -0.2) is 18.6 Å². The van der Waals surface area contributed by atoms with E-state index in [2.05, 4.69) is 32.7 Å². The van der Waals surface area contributed by atoms with Crippen molar-refractivity contribution in [2.75, 3.05) is 18.5 Å². The number of pyridine rings is 1. The summed E-state index contributed by atoms with van der Waals surface area (Å²) < 4.78 is 0. The molecule has 2 aromatic rings. The van der Waals surface area contributed by atoms with E-state index in [1.807, 2.05) is 18.4 Å². The Bertz CT molecular complexity index is 582. The molecule has 3 heterocycles. The second kappa shape index (κ2) is 5.49. The van der Waals surface area contributed by atoms with E-state index in [4.69, 9.17) is 11.6 Å². The minimum Gasteiger partial charge on any atom is -0.352 e. The molecular weight excluding hydrogens is 278 g/mol. The highest BCUT2D eigenvalue weighted by Crippen LogP contribution is 2.28. The molecule has 0 fully saturated rings. The normalized spacial score (nSPS) is 14.5. The number of halogens is 1. The monoisotopic (exact) mass is 293 g/mol. The highest BCUT2D eigenvalue weighted by Gasteiger charge is 2.18. The molecule has 0 saturated heterocycles. The maximum atomic E-state index is 6.16. The molecule has 5 heteroatoms. The van der Waals surface area contributed by atoms with Gasteiger partial charge in [-0.3, -0.25) is 0 Å². The lowest BCUT2D eigenvalue weighted by molar-refractivity contribution is 0.729. The number of anilines is 1. The Hall–Kier alpha value is -1.10. The van der Waals surface area contributed by atoms with Crippen LogP contribution in [0.25, 0.3) is 0 Å². The van der Waals surface area contributed by atoms with Crippen LogP contribution in [0.1, 0.15) is 16.0 Å². The summed E-state index contributed by atoms with van der Waals surface area (Å²) in [5.74, 6) is 1.02. The number of fused-ring (bicyclic) bond motifs is 1. The standard InChI is InChI=1S/C14H16ClN3S/c1-16-7-11-6-14(17-8-12(11)15)18-4-2-13-10(9-18)3-5-19-13/h3,5-6,8,16H,2,4,7,9H2,1H3. The average Bonchev–Trinajstić information content (AvgIpc) is 2.89. The van der Waals surface area contributed by atoms with Crippen LogP contribution < -0.4 is 10.2 Å². The molecule has 0 atom stereocenters. The van der Waals surface area contributed by atoms with E-state index in [0.29, 0.717) is 0 Å². The maximum absolute atomic E-state index is 6.16. The Morgan fingerprint density at radius 2 is 2.42 bits per heavy atom. The van der Waals surface area contributed by atoms with E-state index in [0.717, 1.165) is 42.5 Å². The Labute approximate surface area is 122 Å². The smallest absolute Gasteiger partial charge is 0.129 e. The SMILES string of the molecule is CNCc1cc(N2CCc3sccc3C2)ncc1Cl. The van der Waals surface area contributed by atoms with Gasteiger partial charge in [-0.2, -0.15) is 0 Å². The summed E-state index contributed by atoms with van der Waals surface area (Å²) in [6.45, 7) is 2.75. The molecule has 3 nitrogen and oxygen atoms in total. The van der Waals surface area contributed by atoms with E-state index in [1.165, 1.54) is 10.4 Å². The fourth-order valence-corrected chi connectivity index (χ4v) is 3.47. The highest BCUT2D eigenvalue weighted by atomic mass is 35.5. The molecule has 0 aromatic carbocycles. The maximum Gasteiger partial charge on any atom is 0.129 e. The number of rotatable bonds is 3. The molecule has 19 heavy (non-hydrogen) atoms. The third-order valence-corrected chi connectivity index (χ3v) is 4.78. The van der Waals surface area contributed by atoms with Crippen molar-refractivity contribution in [1.82, 2.24) is 10.3 Å². The van der Waals surface area contributed by atoms with Crippen molar-refractivity contribution < 1.29 is 0 Å². The van der Waals surface area contributed by atoms with Crippen LogP contribution in [0.5, 0.6) is 0 Å². The van der Waals surface area contributed by atoms with Crippen LogP contribution in [-0.2, 0) is 19.5 Å². The molecule has 0 unspecified atom stereocenters. The van der Waals surface area contributed by atoms with Crippen molar-refractivity contribution in [3.63, 3.8) is 0 Å². The predicted octanol–water partition coefficient (Wildman–Crippen LogP) is 3.08. The zero-order valence-electron chi connectivity index (χ0n) is 10.8. The average molecular weight is 294 g/mol. The summed E-state index contributed by atoms with van der Waals surface area (Å²) in [7, 11) is 1.93. The summed E-state index contributed by atoms with van der Waals surface area (Å²) in [6.07, 6.45) is 2.87. The van der Waals surface area contributed by atoms with Gasteiger partial charge in [-0.05, 0) is 42.1 Å². The summed E-state index contributed by atoms with van der Waals surface area (Å²) in [5, 5.41) is 6.04. The first-order valence-corrected chi connectivity index (χ1v) is 7.63. The lowest BCUT2D eigenvalue weighted by atomic mass is 10.1. The number of thiophene rings is 1. The molecule has 0 spiro atoms. The molecule has 0 amide bonds. The molecule has 0 bridgehead atoms. The first-order chi connectivity index (χ1) is 9.28. The van der Waals surface area contributed by atoms with Crippen LogP contribution in [0, 0.1) is 0 Å². The van der Waals surface area contributed by atoms with E-state index < -0.39 is 0 Å². The molecule has 3 rings (SSSR count). The van der Waals surface area contributed by atoms with Gasteiger partial charge in [-0.25, -0.2) is 4.98 Å². The van der Waals surface area contributed by atoms with E-state index in [9.17, 15) is 0 Å². The first kappa shape index (κ1) is 12.9. The zero-order valence-corrected chi connectivity index (χ0v) is 12.4. The van der Waals surface area contributed by atoms with Crippen molar-refractivity contribution >= 4 is 28.8 Å². The Kier molecular flexibility index (Phi) is 3.73. The molecule has 2 aromatic heterocycles. The summed E-state index contributed by atoms with van der Waals surface area (Å²) in [5.41, 5.74) is 2.54. The van der Waals surface area contributed by atoms with Crippen LogP contribution in [0.3, 0.4) is 0 Å². The predicted molar refractivity (Wildman–Crippen MR) is 81.1 cm³/mol. The Morgan fingerprint density at radius 3 is 3.26 bits per heavy atom. The van der Waals surface area contributed by atoms with Crippen molar-refractivity contribution in [2.24, 2.45) is 0 Å². The van der Waals surface area contributed by atoms with Crippen molar-refractivity contribution in [3.8, 4) is 0 Å². The van der Waals surface area contributed by atoms with E-state index in [1.54, 1.807) is 6.20 Å². The van der Waals surface area contributed by atoms with Gasteiger partial charge in [0.15, 0.2) is 0 Å². The molecule has 0 saturated carbocycles. The lowest BCUT2D eigenvalue weighted by Crippen LogP contribution is -2.30. The fraction of sp³-hybridized carbons (Fsp3) is 0.357. The molecule has 1 aliphatic heterocycles. The van der Waals surface area contributed by atoms with Crippen molar-refractivity contribution in [3.05, 3.63) is 44.7 Å². The number of aromatic nitrogens is 1. The molecular formula is C14H16ClN3S. The van der Waals surface area contributed by atoms with Gasteiger partial charge in [-0.15, -0.1) is 11.3 Å². The summed E-state index contributed by atoms with van der Waals surface area (Å²) in [4.78, 5) is 8.31. The van der Waals surface area contributed by atoms with Gasteiger partial charge in [0.25, 0.3) is 0 Å². The van der Waals surface area contributed by atoms with Crippen molar-refractivity contribution in [1.29, 1.82) is 0 Å². The fourth-order valence-electron chi connectivity index (χ4n) is 2.41. The highest BCUT2D eigenvalue weighted by molar-refractivity contribution is 7.10. The summed E-state index contributed by atoms with van der Waals surface area (Å²) >= 11 is 8.02. The number of nitrogens with zero attached hydrogens (tertiary/aromatic N) is 2. The third kappa shape index (κ3) is 2.61. The molecule has 0 radical (unpaired) electrons. The van der Waals surface area contributed by atoms with Crippen molar-refractivity contribution in [2.45, 2.75) is 19.5 Å². The molecule has 1 N–H and O–H groups in total. The number of hydrogen-bond donors (Lipinski definition) is 1. The molecule has 0 aliphatic carbocycles. The van der Waals surface area contributed by atoms with Gasteiger partial charge >= 0.3 is 0 Å². The van der Waals surface area contributed by atoms with Crippen LogP contribution in [0.15, 0.2) is 23.7 Å². The van der Waals surface area contributed by atoms with E-state index >= 15 is 0 Å². The van der Waals surface area contributed by atoms with Gasteiger partial charge in [0.1, 0.15) is 5.82 Å². The van der Waals surface area contributed by atoms with Crippen LogP contribution in [0.2, 0.25) is 5.02 Å². The van der Waals surface area contributed by atoms with Gasteiger partial charge in [0, 0.05) is 30.7 Å². The topological polar surface area (TPSA) is 28.2 Å². The molecule has 1 aliphatic rings. The Morgan fingerprint density at radius 1 is 1.53 bits per heavy atom. The quantitative estimate of drug-likeness (QED) is 0.943. The number of hydrogen-bond acceptors (Lipinski definition) is 4. The number of nitrogens with one attached hydrogen (secondary N) is 1. The van der Waals surface area contributed by atoms with Gasteiger partial charge < -0.3 is 10.2 Å². The minimum absolute atomic E-state index is 0.728. The summed E-state index contributed by atoms with van der Waals surface area (Å²) in [6, 6.07) is 4.31. The van der Waals surface area contributed by atoms with Crippen LogP contribution in [0.4, 0.5) is 5.82 Å². The minimum atomic E-state index is 0.728. The van der Waals surface area contributed by atoms with Gasteiger partial charge in [0.2, 0.25) is 0 Å². The zero-order chi connectivity index (χ0) is 13.2. The molecule has 100 valence electrons.